The van der Waals surface area contributed by atoms with Crippen LogP contribution in [0.1, 0.15) is 42.6 Å². The summed E-state index contributed by atoms with van der Waals surface area (Å²) in [5.74, 6) is 0.167. The van der Waals surface area contributed by atoms with Gasteiger partial charge in [-0.25, -0.2) is 9.18 Å². The zero-order chi connectivity index (χ0) is 30.5. The molecule has 1 amide bonds. The minimum Gasteiger partial charge on any atom is -0.494 e. The number of rotatable bonds is 10. The maximum absolute atomic E-state index is 13.6. The molecule has 6 rings (SSSR count). The van der Waals surface area contributed by atoms with Crippen molar-refractivity contribution in [1.29, 1.82) is 0 Å². The fraction of sp³-hybridized carbons (Fsp3) is 0.167. The first-order valence-corrected chi connectivity index (χ1v) is 14.6. The van der Waals surface area contributed by atoms with Gasteiger partial charge in [-0.05, 0) is 47.4 Å². The summed E-state index contributed by atoms with van der Waals surface area (Å²) < 4.78 is 28.1. The predicted molar refractivity (Wildman–Crippen MR) is 169 cm³/mol. The highest BCUT2D eigenvalue weighted by Gasteiger charge is 2.27. The molecule has 0 saturated heterocycles. The third-order valence-corrected chi connectivity index (χ3v) is 7.49. The van der Waals surface area contributed by atoms with Gasteiger partial charge in [-0.1, -0.05) is 86.1 Å². The van der Waals surface area contributed by atoms with E-state index in [9.17, 15) is 14.3 Å². The molecule has 0 unspecified atom stereocenters. The average molecular weight is 590 g/mol. The van der Waals surface area contributed by atoms with Crippen LogP contribution in [0.4, 0.5) is 9.18 Å². The zero-order valence-corrected chi connectivity index (χ0v) is 24.2. The number of nitrogens with zero attached hydrogens (tertiary/aromatic N) is 2. The molecule has 0 atom stereocenters. The molecular formula is C36H32FN3O4. The van der Waals surface area contributed by atoms with Crippen LogP contribution in [0.5, 0.6) is 17.4 Å². The Balaban J connectivity index is 1.55. The number of benzene rings is 4. The molecule has 222 valence electrons. The second kappa shape index (κ2) is 12.9. The lowest BCUT2D eigenvalue weighted by atomic mass is 10.0. The smallest absolute Gasteiger partial charge is 0.412 e. The molecule has 4 aromatic carbocycles. The van der Waals surface area contributed by atoms with Crippen LogP contribution in [0.25, 0.3) is 21.7 Å². The van der Waals surface area contributed by atoms with Gasteiger partial charge in [0.05, 0.1) is 17.3 Å². The van der Waals surface area contributed by atoms with Gasteiger partial charge in [0.2, 0.25) is 5.88 Å². The number of hydrogen-bond donors (Lipinski definition) is 2. The molecule has 0 aliphatic carbocycles. The van der Waals surface area contributed by atoms with Crippen molar-refractivity contribution in [1.82, 2.24) is 14.9 Å². The Hall–Kier alpha value is -5.37. The van der Waals surface area contributed by atoms with Crippen molar-refractivity contribution in [3.63, 3.8) is 0 Å². The highest BCUT2D eigenvalue weighted by Crippen LogP contribution is 2.48. The number of unbranched alkanes of at least 4 members (excludes halogenated alkanes) is 1. The number of halogens is 1. The van der Waals surface area contributed by atoms with E-state index in [-0.39, 0.29) is 24.0 Å². The van der Waals surface area contributed by atoms with E-state index in [0.717, 1.165) is 29.5 Å². The summed E-state index contributed by atoms with van der Waals surface area (Å²) in [6.45, 7) is 2.76. The number of nitrogens with one attached hydrogen (secondary N) is 1. The van der Waals surface area contributed by atoms with E-state index in [1.54, 1.807) is 35.2 Å². The number of pyridine rings is 1. The third-order valence-electron chi connectivity index (χ3n) is 7.49. The van der Waals surface area contributed by atoms with Crippen LogP contribution in [0.2, 0.25) is 0 Å². The Morgan fingerprint density at radius 2 is 1.59 bits per heavy atom. The third kappa shape index (κ3) is 5.92. The minimum absolute atomic E-state index is 0.0945. The molecular weight excluding hydrogens is 557 g/mol. The summed E-state index contributed by atoms with van der Waals surface area (Å²) in [4.78, 5) is 17.6. The summed E-state index contributed by atoms with van der Waals surface area (Å²) in [5.41, 5.74) is 3.04. The Kier molecular flexibility index (Phi) is 8.41. The number of ether oxygens (including phenoxy) is 2. The Bertz CT molecular complexity index is 1850. The number of hydrogen-bond acceptors (Lipinski definition) is 5. The molecule has 2 N–H and O–H groups in total. The SMILES string of the molecule is CCCCNC(=O)Oc1c2cccnc2c(OC(c2ccccc2)c2ccccc2)c2c(O)n(Cc3ccc(F)cc3)cc12. The van der Waals surface area contributed by atoms with Gasteiger partial charge in [0.1, 0.15) is 17.4 Å². The molecule has 0 spiro atoms. The van der Waals surface area contributed by atoms with Crippen LogP contribution in [0.15, 0.2) is 109 Å². The van der Waals surface area contributed by atoms with Gasteiger partial charge >= 0.3 is 6.09 Å². The quantitative estimate of drug-likeness (QED) is 0.158. The number of aromatic nitrogens is 2. The van der Waals surface area contributed by atoms with E-state index in [1.165, 1.54) is 12.1 Å². The molecule has 0 aliphatic rings. The lowest BCUT2D eigenvalue weighted by Gasteiger charge is -2.22. The van der Waals surface area contributed by atoms with Gasteiger partial charge in [-0.15, -0.1) is 0 Å². The first-order chi connectivity index (χ1) is 21.5. The molecule has 0 aliphatic heterocycles. The number of carbonyl (C=O) groups is 1. The van der Waals surface area contributed by atoms with Gasteiger partial charge < -0.3 is 24.5 Å². The molecule has 0 bridgehead atoms. The van der Waals surface area contributed by atoms with Crippen molar-refractivity contribution in [2.45, 2.75) is 32.4 Å². The monoisotopic (exact) mass is 589 g/mol. The molecule has 8 heteroatoms. The van der Waals surface area contributed by atoms with Gasteiger partial charge in [-0.2, -0.15) is 0 Å². The number of carbonyl (C=O) groups excluding carboxylic acids is 1. The predicted octanol–water partition coefficient (Wildman–Crippen LogP) is 8.14. The number of amides is 1. The van der Waals surface area contributed by atoms with Crippen LogP contribution in [0, 0.1) is 5.82 Å². The molecule has 0 fully saturated rings. The highest BCUT2D eigenvalue weighted by atomic mass is 19.1. The first-order valence-electron chi connectivity index (χ1n) is 14.6. The van der Waals surface area contributed by atoms with Gasteiger partial charge in [0.15, 0.2) is 11.5 Å². The molecule has 2 aromatic heterocycles. The maximum atomic E-state index is 13.6. The summed E-state index contributed by atoms with van der Waals surface area (Å²) in [5, 5.41) is 15.9. The van der Waals surface area contributed by atoms with E-state index >= 15 is 0 Å². The molecule has 2 heterocycles. The molecule has 7 nitrogen and oxygen atoms in total. The van der Waals surface area contributed by atoms with E-state index in [2.05, 4.69) is 10.3 Å². The summed E-state index contributed by atoms with van der Waals surface area (Å²) in [6.07, 6.45) is 3.97. The van der Waals surface area contributed by atoms with Gasteiger partial charge in [0, 0.05) is 24.3 Å². The van der Waals surface area contributed by atoms with Crippen molar-refractivity contribution in [2.75, 3.05) is 6.54 Å². The lowest BCUT2D eigenvalue weighted by molar-refractivity contribution is 0.201. The van der Waals surface area contributed by atoms with E-state index in [0.29, 0.717) is 34.0 Å². The molecule has 44 heavy (non-hydrogen) atoms. The standard InChI is InChI=1S/C36H32FN3O4/c1-2-3-20-39-36(42)44-33-28-15-10-21-38-31(28)34(43-32(25-11-6-4-7-12-25)26-13-8-5-9-14-26)30-29(33)23-40(35(30)41)22-24-16-18-27(37)19-17-24/h4-19,21,23,32,41H,2-3,20,22H2,1H3,(H,39,42). The number of fused-ring (bicyclic) bond motifs is 2. The fourth-order valence-corrected chi connectivity index (χ4v) is 5.30. The first kappa shape index (κ1) is 28.7. The number of aromatic hydroxyl groups is 1. The maximum Gasteiger partial charge on any atom is 0.412 e. The lowest BCUT2D eigenvalue weighted by Crippen LogP contribution is -2.27. The Labute approximate surface area is 254 Å². The zero-order valence-electron chi connectivity index (χ0n) is 24.2. The second-order valence-corrected chi connectivity index (χ2v) is 10.5. The van der Waals surface area contributed by atoms with Crippen molar-refractivity contribution in [3.05, 3.63) is 132 Å². The molecule has 0 radical (unpaired) electrons. The molecule has 6 aromatic rings. The molecule has 0 saturated carbocycles. The normalized spacial score (nSPS) is 11.2. The summed E-state index contributed by atoms with van der Waals surface area (Å²) >= 11 is 0. The van der Waals surface area contributed by atoms with E-state index in [1.807, 2.05) is 73.7 Å². The Morgan fingerprint density at radius 1 is 0.909 bits per heavy atom. The highest BCUT2D eigenvalue weighted by molar-refractivity contribution is 6.12. The van der Waals surface area contributed by atoms with E-state index < -0.39 is 12.2 Å². The average Bonchev–Trinajstić information content (AvgIpc) is 3.38. The van der Waals surface area contributed by atoms with E-state index in [4.69, 9.17) is 9.47 Å². The van der Waals surface area contributed by atoms with Crippen LogP contribution >= 0.6 is 0 Å². The van der Waals surface area contributed by atoms with Gasteiger partial charge in [0.25, 0.3) is 0 Å². The van der Waals surface area contributed by atoms with Crippen LogP contribution in [0.3, 0.4) is 0 Å². The van der Waals surface area contributed by atoms with Gasteiger partial charge in [-0.3, -0.25) is 4.98 Å². The largest absolute Gasteiger partial charge is 0.494 e. The Morgan fingerprint density at radius 3 is 2.25 bits per heavy atom. The fourth-order valence-electron chi connectivity index (χ4n) is 5.30. The minimum atomic E-state index is -0.601. The summed E-state index contributed by atoms with van der Waals surface area (Å²) in [7, 11) is 0. The van der Waals surface area contributed by atoms with Crippen molar-refractivity contribution >= 4 is 27.8 Å². The summed E-state index contributed by atoms with van der Waals surface area (Å²) in [6, 6.07) is 29.3. The van der Waals surface area contributed by atoms with Crippen LogP contribution in [-0.2, 0) is 6.54 Å². The van der Waals surface area contributed by atoms with Crippen LogP contribution < -0.4 is 14.8 Å². The van der Waals surface area contributed by atoms with Crippen molar-refractivity contribution < 1.29 is 23.8 Å². The second-order valence-electron chi connectivity index (χ2n) is 10.5. The van der Waals surface area contributed by atoms with Crippen molar-refractivity contribution in [3.8, 4) is 17.4 Å². The topological polar surface area (TPSA) is 85.6 Å². The van der Waals surface area contributed by atoms with Crippen molar-refractivity contribution in [2.24, 2.45) is 0 Å². The van der Waals surface area contributed by atoms with Crippen LogP contribution in [-0.4, -0.2) is 27.3 Å².